The Hall–Kier alpha value is -1.24. The topological polar surface area (TPSA) is 69.2 Å². The molecule has 0 aliphatic heterocycles. The van der Waals surface area contributed by atoms with Gasteiger partial charge in [-0.3, -0.25) is 9.69 Å². The predicted octanol–water partition coefficient (Wildman–Crippen LogP) is 2.87. The molecule has 1 aliphatic rings. The summed E-state index contributed by atoms with van der Waals surface area (Å²) in [6, 6.07) is -0.0634. The number of aromatic amines is 1. The standard InChI is InChI=1S/C18H27N3O2S/c1-10-6-7-12-13(8-10)24-17-14(12)16(22)19-15(20-17)11(2)21(5)9-18(3,4)23/h10-11,23H,6-9H2,1-5H3,(H,19,20,22). The van der Waals surface area contributed by atoms with E-state index in [9.17, 15) is 9.90 Å². The highest BCUT2D eigenvalue weighted by Crippen LogP contribution is 2.36. The molecule has 0 aromatic carbocycles. The Balaban J connectivity index is 1.98. The van der Waals surface area contributed by atoms with E-state index in [-0.39, 0.29) is 11.6 Å². The average Bonchev–Trinajstić information content (AvgIpc) is 2.82. The molecule has 3 rings (SSSR count). The summed E-state index contributed by atoms with van der Waals surface area (Å²) in [5.41, 5.74) is 0.405. The van der Waals surface area contributed by atoms with Crippen LogP contribution in [0.5, 0.6) is 0 Å². The zero-order valence-corrected chi connectivity index (χ0v) is 16.0. The van der Waals surface area contributed by atoms with Crippen LogP contribution in [0.25, 0.3) is 10.2 Å². The van der Waals surface area contributed by atoms with Crippen LogP contribution in [0.2, 0.25) is 0 Å². The van der Waals surface area contributed by atoms with Gasteiger partial charge in [-0.1, -0.05) is 6.92 Å². The number of fused-ring (bicyclic) bond motifs is 3. The van der Waals surface area contributed by atoms with Crippen molar-refractivity contribution in [1.82, 2.24) is 14.9 Å². The number of nitrogens with zero attached hydrogens (tertiary/aromatic N) is 2. The van der Waals surface area contributed by atoms with Crippen LogP contribution in [0.1, 0.15) is 56.4 Å². The number of thiophene rings is 1. The van der Waals surface area contributed by atoms with E-state index < -0.39 is 5.60 Å². The Morgan fingerprint density at radius 3 is 2.88 bits per heavy atom. The van der Waals surface area contributed by atoms with Gasteiger partial charge in [0.2, 0.25) is 0 Å². The third kappa shape index (κ3) is 3.41. The average molecular weight is 350 g/mol. The molecule has 132 valence electrons. The molecule has 0 saturated heterocycles. The lowest BCUT2D eigenvalue weighted by Gasteiger charge is -2.29. The van der Waals surface area contributed by atoms with E-state index in [4.69, 9.17) is 4.98 Å². The Morgan fingerprint density at radius 1 is 1.50 bits per heavy atom. The molecular formula is C18H27N3O2S. The van der Waals surface area contributed by atoms with Gasteiger partial charge in [0.25, 0.3) is 5.56 Å². The van der Waals surface area contributed by atoms with E-state index in [1.165, 1.54) is 10.4 Å². The first-order chi connectivity index (χ1) is 11.2. The smallest absolute Gasteiger partial charge is 0.259 e. The largest absolute Gasteiger partial charge is 0.389 e. The fourth-order valence-corrected chi connectivity index (χ4v) is 4.91. The van der Waals surface area contributed by atoms with Crippen molar-refractivity contribution in [3.05, 3.63) is 26.6 Å². The molecule has 0 amide bonds. The molecule has 2 aromatic rings. The summed E-state index contributed by atoms with van der Waals surface area (Å²) >= 11 is 1.68. The maximum Gasteiger partial charge on any atom is 0.259 e. The van der Waals surface area contributed by atoms with Crippen molar-refractivity contribution in [2.24, 2.45) is 5.92 Å². The number of nitrogens with one attached hydrogen (secondary N) is 1. The van der Waals surface area contributed by atoms with Gasteiger partial charge in [-0.25, -0.2) is 4.98 Å². The third-order valence-corrected chi connectivity index (χ3v) is 6.03. The zero-order chi connectivity index (χ0) is 17.6. The number of aliphatic hydroxyl groups is 1. The molecule has 2 atom stereocenters. The number of aryl methyl sites for hydroxylation is 1. The second kappa shape index (κ2) is 6.24. The molecular weight excluding hydrogens is 322 g/mol. The molecule has 2 aromatic heterocycles. The Morgan fingerprint density at radius 2 is 2.21 bits per heavy atom. The first kappa shape index (κ1) is 17.6. The van der Waals surface area contributed by atoms with Gasteiger partial charge in [0.05, 0.1) is 17.0 Å². The van der Waals surface area contributed by atoms with Gasteiger partial charge < -0.3 is 10.1 Å². The number of H-pyrrole nitrogens is 1. The van der Waals surface area contributed by atoms with Crippen molar-refractivity contribution < 1.29 is 5.11 Å². The van der Waals surface area contributed by atoms with Crippen molar-refractivity contribution in [3.63, 3.8) is 0 Å². The van der Waals surface area contributed by atoms with E-state index in [1.54, 1.807) is 25.2 Å². The monoisotopic (exact) mass is 349 g/mol. The van der Waals surface area contributed by atoms with Gasteiger partial charge >= 0.3 is 0 Å². The zero-order valence-electron chi connectivity index (χ0n) is 15.1. The second-order valence-corrected chi connectivity index (χ2v) is 8.97. The Bertz CT molecular complexity index is 803. The van der Waals surface area contributed by atoms with Crippen LogP contribution in [0.3, 0.4) is 0 Å². The lowest BCUT2D eigenvalue weighted by atomic mass is 9.89. The minimum absolute atomic E-state index is 0.0226. The van der Waals surface area contributed by atoms with Crippen molar-refractivity contribution in [3.8, 4) is 0 Å². The minimum atomic E-state index is -0.786. The number of likely N-dealkylation sites (N-methyl/N-ethyl adjacent to an activating group) is 1. The number of rotatable bonds is 4. The summed E-state index contributed by atoms with van der Waals surface area (Å²) in [7, 11) is 1.94. The van der Waals surface area contributed by atoms with Crippen LogP contribution in [-0.4, -0.2) is 39.2 Å². The molecule has 5 nitrogen and oxygen atoms in total. The van der Waals surface area contributed by atoms with E-state index in [0.717, 1.165) is 29.5 Å². The van der Waals surface area contributed by atoms with Gasteiger partial charge in [-0.2, -0.15) is 0 Å². The van der Waals surface area contributed by atoms with Gasteiger partial charge in [-0.15, -0.1) is 11.3 Å². The fraction of sp³-hybridized carbons (Fsp3) is 0.667. The lowest BCUT2D eigenvalue weighted by Crippen LogP contribution is -2.38. The molecule has 24 heavy (non-hydrogen) atoms. The fourth-order valence-electron chi connectivity index (χ4n) is 3.52. The Kier molecular flexibility index (Phi) is 4.57. The first-order valence-electron chi connectivity index (χ1n) is 8.63. The van der Waals surface area contributed by atoms with E-state index in [0.29, 0.717) is 18.3 Å². The molecule has 2 heterocycles. The van der Waals surface area contributed by atoms with Crippen molar-refractivity contribution >= 4 is 21.6 Å². The lowest BCUT2D eigenvalue weighted by molar-refractivity contribution is 0.0323. The highest BCUT2D eigenvalue weighted by molar-refractivity contribution is 7.18. The molecule has 2 unspecified atom stereocenters. The van der Waals surface area contributed by atoms with Gasteiger partial charge in [-0.05, 0) is 58.6 Å². The minimum Gasteiger partial charge on any atom is -0.389 e. The Labute approximate surface area is 146 Å². The van der Waals surface area contributed by atoms with Crippen LogP contribution in [-0.2, 0) is 12.8 Å². The van der Waals surface area contributed by atoms with Crippen LogP contribution >= 0.6 is 11.3 Å². The van der Waals surface area contributed by atoms with Crippen LogP contribution in [0, 0.1) is 5.92 Å². The van der Waals surface area contributed by atoms with E-state index >= 15 is 0 Å². The summed E-state index contributed by atoms with van der Waals surface area (Å²) < 4.78 is 0. The summed E-state index contributed by atoms with van der Waals surface area (Å²) in [4.78, 5) is 24.6. The second-order valence-electron chi connectivity index (χ2n) is 7.89. The first-order valence-corrected chi connectivity index (χ1v) is 9.44. The quantitative estimate of drug-likeness (QED) is 0.890. The summed E-state index contributed by atoms with van der Waals surface area (Å²) in [6.07, 6.45) is 3.18. The third-order valence-electron chi connectivity index (χ3n) is 4.88. The number of hydrogen-bond acceptors (Lipinski definition) is 5. The van der Waals surface area contributed by atoms with Crippen molar-refractivity contribution in [1.29, 1.82) is 0 Å². The maximum absolute atomic E-state index is 12.7. The van der Waals surface area contributed by atoms with Crippen LogP contribution in [0.15, 0.2) is 4.79 Å². The normalized spacial score (nSPS) is 19.7. The molecule has 0 fully saturated rings. The van der Waals surface area contributed by atoms with Crippen LogP contribution in [0.4, 0.5) is 0 Å². The van der Waals surface area contributed by atoms with Gasteiger partial charge in [0.15, 0.2) is 0 Å². The van der Waals surface area contributed by atoms with Crippen molar-refractivity contribution in [2.45, 2.75) is 58.6 Å². The van der Waals surface area contributed by atoms with Crippen LogP contribution < -0.4 is 5.56 Å². The molecule has 1 aliphatic carbocycles. The van der Waals surface area contributed by atoms with Gasteiger partial charge in [0.1, 0.15) is 10.7 Å². The van der Waals surface area contributed by atoms with E-state index in [1.807, 2.05) is 18.9 Å². The maximum atomic E-state index is 12.7. The number of aromatic nitrogens is 2. The molecule has 0 bridgehead atoms. The molecule has 0 spiro atoms. The van der Waals surface area contributed by atoms with Crippen molar-refractivity contribution in [2.75, 3.05) is 13.6 Å². The summed E-state index contributed by atoms with van der Waals surface area (Å²) in [5, 5.41) is 10.8. The highest BCUT2D eigenvalue weighted by Gasteiger charge is 2.25. The van der Waals surface area contributed by atoms with E-state index in [2.05, 4.69) is 11.9 Å². The molecule has 2 N–H and O–H groups in total. The highest BCUT2D eigenvalue weighted by atomic mass is 32.1. The number of hydrogen-bond donors (Lipinski definition) is 2. The summed E-state index contributed by atoms with van der Waals surface area (Å²) in [5.74, 6) is 1.35. The molecule has 0 saturated carbocycles. The molecule has 0 radical (unpaired) electrons. The SMILES string of the molecule is CC1CCc2c(sc3nc(C(C)N(C)CC(C)(C)O)[nH]c(=O)c23)C1. The summed E-state index contributed by atoms with van der Waals surface area (Å²) in [6.45, 7) is 8.35. The molecule has 6 heteroatoms. The van der Waals surface area contributed by atoms with Gasteiger partial charge in [0, 0.05) is 11.4 Å². The predicted molar refractivity (Wildman–Crippen MR) is 98.8 cm³/mol.